The van der Waals surface area contributed by atoms with Gasteiger partial charge in [-0.05, 0) is 36.4 Å². The summed E-state index contributed by atoms with van der Waals surface area (Å²) in [5.41, 5.74) is 0.520. The number of ether oxygens (including phenoxy) is 1. The van der Waals surface area contributed by atoms with Crippen molar-refractivity contribution in [1.82, 2.24) is 9.62 Å². The molecule has 0 aliphatic rings. The fraction of sp³-hybridized carbons (Fsp3) is 0.222. The molecular formula is C18H20FN3O5S. The molecule has 0 unspecified atom stereocenters. The third kappa shape index (κ3) is 5.76. The van der Waals surface area contributed by atoms with Gasteiger partial charge in [0.05, 0.1) is 20.2 Å². The van der Waals surface area contributed by atoms with Gasteiger partial charge in [-0.25, -0.2) is 17.5 Å². The summed E-state index contributed by atoms with van der Waals surface area (Å²) in [6.45, 7) is -0.894. The molecule has 0 saturated carbocycles. The minimum absolute atomic E-state index is 0.285. The van der Waals surface area contributed by atoms with E-state index in [-0.39, 0.29) is 6.54 Å². The Morgan fingerprint density at radius 3 is 2.36 bits per heavy atom. The van der Waals surface area contributed by atoms with Crippen LogP contribution in [0.3, 0.4) is 0 Å². The van der Waals surface area contributed by atoms with Crippen LogP contribution in [0.5, 0.6) is 5.75 Å². The van der Waals surface area contributed by atoms with Crippen LogP contribution in [0.1, 0.15) is 0 Å². The second-order valence-corrected chi connectivity index (χ2v) is 7.52. The van der Waals surface area contributed by atoms with Crippen molar-refractivity contribution in [1.29, 1.82) is 0 Å². The lowest BCUT2D eigenvalue weighted by molar-refractivity contribution is -0.132. The molecule has 0 radical (unpaired) electrons. The molecule has 2 rings (SSSR count). The highest BCUT2D eigenvalue weighted by Crippen LogP contribution is 2.15. The van der Waals surface area contributed by atoms with Crippen LogP contribution in [-0.2, 0) is 19.6 Å². The SMILES string of the molecule is COc1ccc(NC(=O)CN(C)C(=O)CNS(=O)(=O)c2ccccc2F)cc1. The highest BCUT2D eigenvalue weighted by molar-refractivity contribution is 7.89. The fourth-order valence-electron chi connectivity index (χ4n) is 2.21. The highest BCUT2D eigenvalue weighted by atomic mass is 32.2. The van der Waals surface area contributed by atoms with E-state index in [9.17, 15) is 22.4 Å². The quantitative estimate of drug-likeness (QED) is 0.682. The number of hydrogen-bond acceptors (Lipinski definition) is 5. The lowest BCUT2D eigenvalue weighted by atomic mass is 10.3. The number of halogens is 1. The zero-order valence-electron chi connectivity index (χ0n) is 15.3. The lowest BCUT2D eigenvalue weighted by Gasteiger charge is -2.17. The second kappa shape index (κ2) is 9.29. The zero-order chi connectivity index (χ0) is 20.7. The summed E-state index contributed by atoms with van der Waals surface area (Å²) in [6, 6.07) is 11.4. The van der Waals surface area contributed by atoms with Gasteiger partial charge in [0.15, 0.2) is 0 Å². The standard InChI is InChI=1S/C18H20FN3O5S/c1-22(12-17(23)21-13-7-9-14(27-2)10-8-13)18(24)11-20-28(25,26)16-6-4-3-5-15(16)19/h3-10,20H,11-12H2,1-2H3,(H,21,23). The molecule has 0 aliphatic heterocycles. The number of sulfonamides is 1. The van der Waals surface area contributed by atoms with Crippen LogP contribution in [0.15, 0.2) is 53.4 Å². The number of nitrogens with zero attached hydrogens (tertiary/aromatic N) is 1. The average molecular weight is 409 g/mol. The molecule has 8 nitrogen and oxygen atoms in total. The summed E-state index contributed by atoms with van der Waals surface area (Å²) >= 11 is 0. The molecule has 0 aromatic heterocycles. The number of likely N-dealkylation sites (N-methyl/N-ethyl adjacent to an activating group) is 1. The van der Waals surface area contributed by atoms with Gasteiger partial charge < -0.3 is 15.0 Å². The lowest BCUT2D eigenvalue weighted by Crippen LogP contribution is -2.41. The van der Waals surface area contributed by atoms with Gasteiger partial charge in [-0.2, -0.15) is 0 Å². The molecule has 0 bridgehead atoms. The van der Waals surface area contributed by atoms with Gasteiger partial charge in [-0.3, -0.25) is 9.59 Å². The minimum atomic E-state index is -4.19. The number of nitrogens with one attached hydrogen (secondary N) is 2. The summed E-state index contributed by atoms with van der Waals surface area (Å²) in [5, 5.41) is 2.61. The molecule has 28 heavy (non-hydrogen) atoms. The Labute approximate surface area is 162 Å². The Bertz CT molecular complexity index is 948. The first-order chi connectivity index (χ1) is 13.2. The van der Waals surface area contributed by atoms with Gasteiger partial charge in [-0.1, -0.05) is 12.1 Å². The molecule has 0 aliphatic carbocycles. The molecular weight excluding hydrogens is 389 g/mol. The van der Waals surface area contributed by atoms with E-state index in [1.54, 1.807) is 24.3 Å². The number of carbonyl (C=O) groups excluding carboxylic acids is 2. The molecule has 10 heteroatoms. The average Bonchev–Trinajstić information content (AvgIpc) is 2.66. The van der Waals surface area contributed by atoms with Crippen molar-refractivity contribution in [2.24, 2.45) is 0 Å². The van der Waals surface area contributed by atoms with E-state index >= 15 is 0 Å². The number of rotatable bonds is 8. The van der Waals surface area contributed by atoms with Gasteiger partial charge in [0.2, 0.25) is 21.8 Å². The maximum absolute atomic E-state index is 13.6. The van der Waals surface area contributed by atoms with Crippen LogP contribution in [0.4, 0.5) is 10.1 Å². The van der Waals surface area contributed by atoms with E-state index in [0.29, 0.717) is 11.4 Å². The minimum Gasteiger partial charge on any atom is -0.497 e. The highest BCUT2D eigenvalue weighted by Gasteiger charge is 2.21. The summed E-state index contributed by atoms with van der Waals surface area (Å²) in [5.74, 6) is -1.40. The first-order valence-electron chi connectivity index (χ1n) is 8.15. The van der Waals surface area contributed by atoms with E-state index in [4.69, 9.17) is 4.74 Å². The smallest absolute Gasteiger partial charge is 0.243 e. The molecule has 2 aromatic carbocycles. The van der Waals surface area contributed by atoms with Crippen molar-refractivity contribution in [2.75, 3.05) is 32.6 Å². The predicted molar refractivity (Wildman–Crippen MR) is 101 cm³/mol. The van der Waals surface area contributed by atoms with E-state index < -0.39 is 39.1 Å². The Hall–Kier alpha value is -2.98. The van der Waals surface area contributed by atoms with Crippen molar-refractivity contribution < 1.29 is 27.1 Å². The molecule has 2 N–H and O–H groups in total. The number of amides is 2. The van der Waals surface area contributed by atoms with Crippen molar-refractivity contribution >= 4 is 27.5 Å². The third-order valence-electron chi connectivity index (χ3n) is 3.72. The van der Waals surface area contributed by atoms with Crippen molar-refractivity contribution in [3.63, 3.8) is 0 Å². The molecule has 2 aromatic rings. The molecule has 0 saturated heterocycles. The van der Waals surface area contributed by atoms with Crippen LogP contribution in [-0.4, -0.2) is 52.4 Å². The first-order valence-corrected chi connectivity index (χ1v) is 9.63. The number of benzene rings is 2. The van der Waals surface area contributed by atoms with Gasteiger partial charge in [0.1, 0.15) is 16.5 Å². The molecule has 0 fully saturated rings. The predicted octanol–water partition coefficient (Wildman–Crippen LogP) is 1.21. The van der Waals surface area contributed by atoms with Crippen molar-refractivity contribution in [3.05, 3.63) is 54.3 Å². The Balaban J connectivity index is 1.88. The van der Waals surface area contributed by atoms with Crippen molar-refractivity contribution in [3.8, 4) is 5.75 Å². The number of carbonyl (C=O) groups is 2. The Morgan fingerprint density at radius 1 is 1.11 bits per heavy atom. The van der Waals surface area contributed by atoms with Gasteiger partial charge in [0, 0.05) is 12.7 Å². The van der Waals surface area contributed by atoms with E-state index in [1.165, 1.54) is 26.3 Å². The number of methoxy groups -OCH3 is 1. The van der Waals surface area contributed by atoms with E-state index in [1.807, 2.05) is 4.72 Å². The Morgan fingerprint density at radius 2 is 1.75 bits per heavy atom. The van der Waals surface area contributed by atoms with Crippen LogP contribution >= 0.6 is 0 Å². The summed E-state index contributed by atoms with van der Waals surface area (Å²) in [4.78, 5) is 24.6. The molecule has 0 spiro atoms. The molecule has 2 amide bonds. The number of anilines is 1. The van der Waals surface area contributed by atoms with Crippen LogP contribution < -0.4 is 14.8 Å². The monoisotopic (exact) mass is 409 g/mol. The van der Waals surface area contributed by atoms with Crippen LogP contribution in [0, 0.1) is 5.82 Å². The maximum atomic E-state index is 13.6. The summed E-state index contributed by atoms with van der Waals surface area (Å²) in [6.07, 6.45) is 0. The largest absolute Gasteiger partial charge is 0.497 e. The molecule has 0 heterocycles. The van der Waals surface area contributed by atoms with Gasteiger partial charge >= 0.3 is 0 Å². The fourth-order valence-corrected chi connectivity index (χ4v) is 3.26. The van der Waals surface area contributed by atoms with Gasteiger partial charge in [-0.15, -0.1) is 0 Å². The zero-order valence-corrected chi connectivity index (χ0v) is 16.1. The first kappa shape index (κ1) is 21.3. The van der Waals surface area contributed by atoms with Crippen molar-refractivity contribution in [2.45, 2.75) is 4.90 Å². The Kier molecular flexibility index (Phi) is 7.07. The second-order valence-electron chi connectivity index (χ2n) is 5.78. The topological polar surface area (TPSA) is 105 Å². The maximum Gasteiger partial charge on any atom is 0.243 e. The molecule has 0 atom stereocenters. The normalized spacial score (nSPS) is 11.0. The molecule has 150 valence electrons. The van der Waals surface area contributed by atoms with E-state index in [2.05, 4.69) is 5.32 Å². The van der Waals surface area contributed by atoms with Gasteiger partial charge in [0.25, 0.3) is 0 Å². The summed E-state index contributed by atoms with van der Waals surface area (Å²) in [7, 11) is -1.31. The van der Waals surface area contributed by atoms with Crippen LogP contribution in [0.2, 0.25) is 0 Å². The summed E-state index contributed by atoms with van der Waals surface area (Å²) < 4.78 is 44.8. The third-order valence-corrected chi connectivity index (χ3v) is 5.15. The van der Waals surface area contributed by atoms with E-state index in [0.717, 1.165) is 17.0 Å². The van der Waals surface area contributed by atoms with Crippen LogP contribution in [0.25, 0.3) is 0 Å². The number of hydrogen-bond donors (Lipinski definition) is 2.